The van der Waals surface area contributed by atoms with Gasteiger partial charge in [0.05, 0.1) is 17.6 Å². The number of carbonyl (C=O) groups excluding carboxylic acids is 1. The third-order valence-corrected chi connectivity index (χ3v) is 5.55. The van der Waals surface area contributed by atoms with E-state index in [1.165, 1.54) is 12.3 Å². The van der Waals surface area contributed by atoms with Crippen molar-refractivity contribution in [2.24, 2.45) is 5.92 Å². The highest BCUT2D eigenvalue weighted by Crippen LogP contribution is 2.28. The Labute approximate surface area is 191 Å². The van der Waals surface area contributed by atoms with Crippen LogP contribution in [0.25, 0.3) is 28.2 Å². The lowest BCUT2D eigenvalue weighted by atomic mass is 10.1. The molecule has 5 rings (SSSR count). The number of imidazole rings is 1. The summed E-state index contributed by atoms with van der Waals surface area (Å²) in [6.07, 6.45) is 7.25. The van der Waals surface area contributed by atoms with Crippen LogP contribution >= 0.6 is 0 Å². The van der Waals surface area contributed by atoms with Crippen LogP contribution in [0.5, 0.6) is 0 Å². The Kier molecular flexibility index (Phi) is 5.50. The van der Waals surface area contributed by atoms with Crippen molar-refractivity contribution in [1.82, 2.24) is 24.7 Å². The molecular weight excluding hydrogens is 419 g/mol. The van der Waals surface area contributed by atoms with Gasteiger partial charge in [-0.25, -0.2) is 15.0 Å². The van der Waals surface area contributed by atoms with E-state index in [0.29, 0.717) is 40.2 Å². The minimum Gasteiger partial charge on any atom is -0.367 e. The van der Waals surface area contributed by atoms with E-state index < -0.39 is 5.95 Å². The first-order valence-corrected chi connectivity index (χ1v) is 11.1. The minimum atomic E-state index is -0.535. The van der Waals surface area contributed by atoms with Crippen LogP contribution < -0.4 is 10.6 Å². The van der Waals surface area contributed by atoms with E-state index in [1.54, 1.807) is 12.3 Å². The van der Waals surface area contributed by atoms with Gasteiger partial charge in [0.15, 0.2) is 11.5 Å². The fourth-order valence-electron chi connectivity index (χ4n) is 3.58. The molecule has 2 N–H and O–H groups in total. The highest BCUT2D eigenvalue weighted by atomic mass is 19.1. The molecule has 0 saturated heterocycles. The maximum Gasteiger partial charge on any atom is 0.251 e. The number of carbonyl (C=O) groups is 1. The summed E-state index contributed by atoms with van der Waals surface area (Å²) in [5.41, 5.74) is 4.48. The normalized spacial score (nSPS) is 13.5. The SMILES string of the molecule is CC(C)CNc1nc(-c2ccc(F)nc2)cn2c(-c3ccc(C(=O)NC4CC4)cc3)cnc12. The first-order chi connectivity index (χ1) is 16.0. The number of aromatic nitrogens is 4. The van der Waals surface area contributed by atoms with Gasteiger partial charge in [-0.3, -0.25) is 9.20 Å². The zero-order chi connectivity index (χ0) is 22.9. The fraction of sp³-hybridized carbons (Fsp3) is 0.280. The number of nitrogens with one attached hydrogen (secondary N) is 2. The number of hydrogen-bond acceptors (Lipinski definition) is 5. The number of pyridine rings is 1. The van der Waals surface area contributed by atoms with Gasteiger partial charge >= 0.3 is 0 Å². The standard InChI is InChI=1S/C25H25FN6O/c1-15(2)11-28-23-24-29-13-21(16-3-5-17(6-4-16)25(33)30-19-8-9-19)32(24)14-20(31-23)18-7-10-22(26)27-12-18/h3-7,10,12-15,19H,8-9,11H2,1-2H3,(H,28,31)(H,30,33). The van der Waals surface area contributed by atoms with E-state index in [2.05, 4.69) is 34.4 Å². The predicted molar refractivity (Wildman–Crippen MR) is 125 cm³/mol. The molecule has 7 nitrogen and oxygen atoms in total. The van der Waals surface area contributed by atoms with E-state index in [9.17, 15) is 9.18 Å². The van der Waals surface area contributed by atoms with E-state index >= 15 is 0 Å². The molecule has 8 heteroatoms. The number of benzene rings is 1. The molecule has 0 atom stereocenters. The van der Waals surface area contributed by atoms with Gasteiger partial charge in [0.25, 0.3) is 5.91 Å². The number of hydrogen-bond donors (Lipinski definition) is 2. The summed E-state index contributed by atoms with van der Waals surface area (Å²) in [5.74, 6) is 0.494. The molecule has 3 heterocycles. The number of rotatable bonds is 7. The molecule has 0 bridgehead atoms. The number of amides is 1. The highest BCUT2D eigenvalue weighted by Gasteiger charge is 2.23. The number of fused-ring (bicyclic) bond motifs is 1. The number of nitrogens with zero attached hydrogens (tertiary/aromatic N) is 4. The lowest BCUT2D eigenvalue weighted by Gasteiger charge is -2.12. The molecule has 0 unspecified atom stereocenters. The van der Waals surface area contributed by atoms with Crippen molar-refractivity contribution in [3.8, 4) is 22.5 Å². The molecule has 1 saturated carbocycles. The molecule has 3 aromatic heterocycles. The van der Waals surface area contributed by atoms with Crippen LogP contribution in [0.3, 0.4) is 0 Å². The van der Waals surface area contributed by atoms with Crippen molar-refractivity contribution in [2.75, 3.05) is 11.9 Å². The summed E-state index contributed by atoms with van der Waals surface area (Å²) >= 11 is 0. The Hall–Kier alpha value is -3.81. The maximum atomic E-state index is 13.4. The van der Waals surface area contributed by atoms with Gasteiger partial charge in [-0.2, -0.15) is 4.39 Å². The second-order valence-electron chi connectivity index (χ2n) is 8.78. The van der Waals surface area contributed by atoms with E-state index in [1.807, 2.05) is 34.9 Å². The van der Waals surface area contributed by atoms with Crippen molar-refractivity contribution in [1.29, 1.82) is 0 Å². The van der Waals surface area contributed by atoms with E-state index in [0.717, 1.165) is 30.6 Å². The van der Waals surface area contributed by atoms with Crippen LogP contribution in [0.15, 0.2) is 55.0 Å². The average molecular weight is 445 g/mol. The molecule has 0 radical (unpaired) electrons. The molecule has 0 aliphatic heterocycles. The van der Waals surface area contributed by atoms with Gasteiger partial charge in [-0.1, -0.05) is 26.0 Å². The van der Waals surface area contributed by atoms with Crippen LogP contribution in [0.1, 0.15) is 37.0 Å². The smallest absolute Gasteiger partial charge is 0.251 e. The van der Waals surface area contributed by atoms with Gasteiger partial charge in [0.2, 0.25) is 5.95 Å². The largest absolute Gasteiger partial charge is 0.367 e. The Balaban J connectivity index is 1.54. The van der Waals surface area contributed by atoms with Crippen molar-refractivity contribution < 1.29 is 9.18 Å². The third-order valence-electron chi connectivity index (χ3n) is 5.55. The second-order valence-corrected chi connectivity index (χ2v) is 8.78. The molecule has 1 aliphatic rings. The molecule has 1 amide bonds. The van der Waals surface area contributed by atoms with Crippen LogP contribution in [0.2, 0.25) is 0 Å². The number of anilines is 1. The van der Waals surface area contributed by atoms with Crippen molar-refractivity contribution in [2.45, 2.75) is 32.7 Å². The first kappa shape index (κ1) is 21.1. The molecular formula is C25H25FN6O. The number of halogens is 1. The Morgan fingerprint density at radius 3 is 2.52 bits per heavy atom. The van der Waals surface area contributed by atoms with Gasteiger partial charge in [-0.05, 0) is 43.0 Å². The molecule has 4 aromatic rings. The van der Waals surface area contributed by atoms with Crippen molar-refractivity contribution in [3.63, 3.8) is 0 Å². The van der Waals surface area contributed by atoms with Crippen LogP contribution in [0.4, 0.5) is 10.2 Å². The van der Waals surface area contributed by atoms with Crippen molar-refractivity contribution in [3.05, 3.63) is 66.5 Å². The summed E-state index contributed by atoms with van der Waals surface area (Å²) < 4.78 is 15.3. The summed E-state index contributed by atoms with van der Waals surface area (Å²) in [6.45, 7) is 4.98. The average Bonchev–Trinajstić information content (AvgIpc) is 3.53. The van der Waals surface area contributed by atoms with Crippen LogP contribution in [0, 0.1) is 11.9 Å². The fourth-order valence-corrected chi connectivity index (χ4v) is 3.58. The maximum absolute atomic E-state index is 13.4. The van der Waals surface area contributed by atoms with Crippen molar-refractivity contribution >= 4 is 17.4 Å². The Bertz CT molecular complexity index is 1290. The lowest BCUT2D eigenvalue weighted by Crippen LogP contribution is -2.25. The quantitative estimate of drug-likeness (QED) is 0.408. The topological polar surface area (TPSA) is 84.2 Å². The molecule has 1 aromatic carbocycles. The zero-order valence-electron chi connectivity index (χ0n) is 18.5. The highest BCUT2D eigenvalue weighted by molar-refractivity contribution is 5.95. The predicted octanol–water partition coefficient (Wildman–Crippen LogP) is 4.56. The zero-order valence-corrected chi connectivity index (χ0v) is 18.5. The molecule has 168 valence electrons. The van der Waals surface area contributed by atoms with Gasteiger partial charge in [0, 0.05) is 41.7 Å². The van der Waals surface area contributed by atoms with Crippen LogP contribution in [-0.2, 0) is 0 Å². The molecule has 33 heavy (non-hydrogen) atoms. The summed E-state index contributed by atoms with van der Waals surface area (Å²) in [7, 11) is 0. The van der Waals surface area contributed by atoms with E-state index in [4.69, 9.17) is 4.98 Å². The minimum absolute atomic E-state index is 0.0438. The monoisotopic (exact) mass is 444 g/mol. The summed E-state index contributed by atoms with van der Waals surface area (Å²) in [5, 5.41) is 6.39. The van der Waals surface area contributed by atoms with Gasteiger partial charge < -0.3 is 10.6 Å². The molecule has 1 fully saturated rings. The molecule has 1 aliphatic carbocycles. The Morgan fingerprint density at radius 2 is 1.85 bits per heavy atom. The van der Waals surface area contributed by atoms with Crippen LogP contribution in [-0.4, -0.2) is 37.8 Å². The first-order valence-electron chi connectivity index (χ1n) is 11.1. The van der Waals surface area contributed by atoms with Gasteiger partial charge in [-0.15, -0.1) is 0 Å². The molecule has 0 spiro atoms. The van der Waals surface area contributed by atoms with E-state index in [-0.39, 0.29) is 5.91 Å². The summed E-state index contributed by atoms with van der Waals surface area (Å²) in [6, 6.07) is 10.8. The van der Waals surface area contributed by atoms with Gasteiger partial charge in [0.1, 0.15) is 0 Å². The second kappa shape index (κ2) is 8.61. The Morgan fingerprint density at radius 1 is 1.09 bits per heavy atom. The summed E-state index contributed by atoms with van der Waals surface area (Å²) in [4.78, 5) is 25.4. The lowest BCUT2D eigenvalue weighted by molar-refractivity contribution is 0.0951. The third kappa shape index (κ3) is 4.55.